The summed E-state index contributed by atoms with van der Waals surface area (Å²) in [4.78, 5) is 3.07. The fourth-order valence-corrected chi connectivity index (χ4v) is 1.37. The minimum Gasteiger partial charge on any atom is -0.398 e. The van der Waals surface area contributed by atoms with Gasteiger partial charge in [-0.3, -0.25) is 0 Å². The lowest BCUT2D eigenvalue weighted by atomic mass is 10.2. The molecule has 0 aliphatic carbocycles. The van der Waals surface area contributed by atoms with E-state index in [0.29, 0.717) is 5.02 Å². The van der Waals surface area contributed by atoms with E-state index in [1.54, 1.807) is 6.20 Å². The number of rotatable bonds is 0. The number of anilines is 1. The van der Waals surface area contributed by atoms with Gasteiger partial charge in [0.05, 0.1) is 11.1 Å². The summed E-state index contributed by atoms with van der Waals surface area (Å²) < 4.78 is 0. The predicted molar refractivity (Wildman–Crippen MR) is 49.9 cm³/mol. The van der Waals surface area contributed by atoms with Gasteiger partial charge in [-0.15, -0.1) is 0 Å². The molecule has 0 saturated heterocycles. The summed E-state index contributed by atoms with van der Waals surface area (Å²) in [6.07, 6.45) is 1.80. The van der Waals surface area contributed by atoms with E-state index in [1.807, 2.05) is 24.3 Å². The smallest absolute Gasteiger partial charge is 0.214 e. The van der Waals surface area contributed by atoms with Gasteiger partial charge in [-0.2, -0.15) is 0 Å². The summed E-state index contributed by atoms with van der Waals surface area (Å²) in [5.41, 5.74) is 7.47. The molecular weight excluding hydrogens is 172 g/mol. The molecule has 3 N–H and O–H groups in total. The zero-order valence-corrected chi connectivity index (χ0v) is 7.10. The molecule has 1 heterocycles. The standard InChI is InChI=1S/C9H7ClN2/c10-6-1-2-7-8(11)3-4-12-9(7)5-6/h1-5H,(H2,11,12)/p+1. The van der Waals surface area contributed by atoms with Crippen molar-refractivity contribution in [3.63, 3.8) is 0 Å². The van der Waals surface area contributed by atoms with Gasteiger partial charge in [0.2, 0.25) is 5.52 Å². The lowest BCUT2D eigenvalue weighted by Crippen LogP contribution is -2.03. The minimum absolute atomic E-state index is 0.712. The Hall–Kier alpha value is -1.28. The van der Waals surface area contributed by atoms with Crippen LogP contribution < -0.4 is 10.7 Å². The van der Waals surface area contributed by atoms with E-state index in [-0.39, 0.29) is 0 Å². The molecule has 0 bridgehead atoms. The molecule has 0 radical (unpaired) electrons. The van der Waals surface area contributed by atoms with Crippen molar-refractivity contribution in [1.82, 2.24) is 0 Å². The molecular formula is C9H8ClN2+. The molecule has 60 valence electrons. The maximum atomic E-state index is 5.81. The van der Waals surface area contributed by atoms with Crippen LogP contribution in [0.2, 0.25) is 5.02 Å². The zero-order chi connectivity index (χ0) is 8.55. The van der Waals surface area contributed by atoms with Gasteiger partial charge in [-0.1, -0.05) is 11.6 Å². The Bertz CT molecular complexity index is 426. The van der Waals surface area contributed by atoms with Gasteiger partial charge < -0.3 is 5.73 Å². The van der Waals surface area contributed by atoms with Crippen LogP contribution in [0.15, 0.2) is 30.5 Å². The van der Waals surface area contributed by atoms with Crippen molar-refractivity contribution in [2.45, 2.75) is 0 Å². The number of pyridine rings is 1. The normalized spacial score (nSPS) is 10.4. The van der Waals surface area contributed by atoms with Crippen molar-refractivity contribution in [1.29, 1.82) is 0 Å². The van der Waals surface area contributed by atoms with Gasteiger partial charge in [0.15, 0.2) is 6.20 Å². The molecule has 0 amide bonds. The van der Waals surface area contributed by atoms with Crippen molar-refractivity contribution >= 4 is 28.2 Å². The summed E-state index contributed by atoms with van der Waals surface area (Å²) in [5, 5.41) is 1.71. The molecule has 0 unspecified atom stereocenters. The Kier molecular flexibility index (Phi) is 1.62. The molecule has 1 aromatic carbocycles. The Morgan fingerprint density at radius 3 is 2.92 bits per heavy atom. The Balaban J connectivity index is 2.86. The van der Waals surface area contributed by atoms with Crippen LogP contribution in [0.5, 0.6) is 0 Å². The van der Waals surface area contributed by atoms with Gasteiger partial charge in [-0.25, -0.2) is 4.98 Å². The first-order valence-electron chi connectivity index (χ1n) is 3.63. The second-order valence-electron chi connectivity index (χ2n) is 2.62. The van der Waals surface area contributed by atoms with E-state index in [0.717, 1.165) is 16.6 Å². The fraction of sp³-hybridized carbons (Fsp3) is 0. The molecule has 0 aliphatic rings. The number of aromatic nitrogens is 1. The summed E-state index contributed by atoms with van der Waals surface area (Å²) in [5.74, 6) is 0. The largest absolute Gasteiger partial charge is 0.398 e. The van der Waals surface area contributed by atoms with Gasteiger partial charge in [0.1, 0.15) is 0 Å². The second kappa shape index (κ2) is 2.64. The van der Waals surface area contributed by atoms with Gasteiger partial charge >= 0.3 is 0 Å². The number of nitrogens with one attached hydrogen (secondary N) is 1. The van der Waals surface area contributed by atoms with E-state index in [4.69, 9.17) is 17.3 Å². The van der Waals surface area contributed by atoms with Crippen molar-refractivity contribution in [2.75, 3.05) is 5.73 Å². The number of benzene rings is 1. The topological polar surface area (TPSA) is 40.2 Å². The minimum atomic E-state index is 0.712. The Labute approximate surface area is 75.0 Å². The first-order chi connectivity index (χ1) is 5.77. The van der Waals surface area contributed by atoms with Crippen LogP contribution in [-0.2, 0) is 0 Å². The van der Waals surface area contributed by atoms with Crippen molar-refractivity contribution in [2.24, 2.45) is 0 Å². The lowest BCUT2D eigenvalue weighted by Gasteiger charge is -1.95. The lowest BCUT2D eigenvalue weighted by molar-refractivity contribution is -0.344. The van der Waals surface area contributed by atoms with Crippen LogP contribution in [0.1, 0.15) is 0 Å². The maximum absolute atomic E-state index is 5.81. The summed E-state index contributed by atoms with van der Waals surface area (Å²) in [6.45, 7) is 0. The molecule has 0 spiro atoms. The van der Waals surface area contributed by atoms with Crippen LogP contribution >= 0.6 is 11.6 Å². The summed E-state index contributed by atoms with van der Waals surface area (Å²) in [6, 6.07) is 7.42. The number of halogens is 1. The zero-order valence-electron chi connectivity index (χ0n) is 6.34. The number of hydrogen-bond acceptors (Lipinski definition) is 1. The monoisotopic (exact) mass is 179 g/mol. The summed E-state index contributed by atoms with van der Waals surface area (Å²) in [7, 11) is 0. The quantitative estimate of drug-likeness (QED) is 0.659. The number of hydrogen-bond donors (Lipinski definition) is 1. The highest BCUT2D eigenvalue weighted by atomic mass is 35.5. The maximum Gasteiger partial charge on any atom is 0.214 e. The predicted octanol–water partition coefficient (Wildman–Crippen LogP) is 1.89. The molecule has 2 rings (SSSR count). The van der Waals surface area contributed by atoms with Gasteiger partial charge in [0.25, 0.3) is 0 Å². The molecule has 2 nitrogen and oxygen atoms in total. The summed E-state index contributed by atoms with van der Waals surface area (Å²) >= 11 is 5.81. The van der Waals surface area contributed by atoms with Crippen LogP contribution in [0.4, 0.5) is 5.69 Å². The third kappa shape index (κ3) is 1.10. The highest BCUT2D eigenvalue weighted by Gasteiger charge is 2.02. The number of aromatic amines is 1. The molecule has 3 heteroatoms. The Morgan fingerprint density at radius 2 is 2.08 bits per heavy atom. The van der Waals surface area contributed by atoms with E-state index < -0.39 is 0 Å². The molecule has 0 aliphatic heterocycles. The van der Waals surface area contributed by atoms with Crippen LogP contribution in [0.25, 0.3) is 10.9 Å². The third-order valence-corrected chi connectivity index (χ3v) is 2.03. The number of nitrogens with two attached hydrogens (primary N) is 1. The van der Waals surface area contributed by atoms with E-state index in [9.17, 15) is 0 Å². The van der Waals surface area contributed by atoms with Gasteiger partial charge in [0, 0.05) is 17.2 Å². The fourth-order valence-electron chi connectivity index (χ4n) is 1.20. The van der Waals surface area contributed by atoms with E-state index in [1.165, 1.54) is 0 Å². The van der Waals surface area contributed by atoms with Crippen molar-refractivity contribution < 1.29 is 4.98 Å². The number of H-pyrrole nitrogens is 1. The highest BCUT2D eigenvalue weighted by Crippen LogP contribution is 2.19. The van der Waals surface area contributed by atoms with Gasteiger partial charge in [-0.05, 0) is 12.1 Å². The number of nitrogen functional groups attached to an aromatic ring is 1. The van der Waals surface area contributed by atoms with Crippen LogP contribution in [0.3, 0.4) is 0 Å². The average Bonchev–Trinajstić information content (AvgIpc) is 2.04. The molecule has 0 atom stereocenters. The van der Waals surface area contributed by atoms with Crippen molar-refractivity contribution in [3.8, 4) is 0 Å². The van der Waals surface area contributed by atoms with E-state index >= 15 is 0 Å². The third-order valence-electron chi connectivity index (χ3n) is 1.79. The first kappa shape index (κ1) is 7.37. The number of fused-ring (bicyclic) bond motifs is 1. The molecule has 0 fully saturated rings. The average molecular weight is 180 g/mol. The van der Waals surface area contributed by atoms with Crippen LogP contribution in [0, 0.1) is 0 Å². The van der Waals surface area contributed by atoms with Crippen LogP contribution in [-0.4, -0.2) is 0 Å². The van der Waals surface area contributed by atoms with E-state index in [2.05, 4.69) is 4.98 Å². The highest BCUT2D eigenvalue weighted by molar-refractivity contribution is 6.31. The molecule has 1 aromatic heterocycles. The SMILES string of the molecule is Nc1cc[nH+]c2cc(Cl)ccc12. The first-order valence-corrected chi connectivity index (χ1v) is 4.00. The molecule has 12 heavy (non-hydrogen) atoms. The molecule has 2 aromatic rings. The Morgan fingerprint density at radius 1 is 1.25 bits per heavy atom. The van der Waals surface area contributed by atoms with Crippen molar-refractivity contribution in [3.05, 3.63) is 35.5 Å². The molecule has 0 saturated carbocycles. The second-order valence-corrected chi connectivity index (χ2v) is 3.06.